The number of fused-ring (bicyclic) bond motifs is 1. The maximum Gasteiger partial charge on any atom is 0.258 e. The summed E-state index contributed by atoms with van der Waals surface area (Å²) in [5.74, 6) is 0.208. The van der Waals surface area contributed by atoms with Crippen LogP contribution in [0.3, 0.4) is 0 Å². The molecule has 0 saturated heterocycles. The molecular formula is C17H20Cl2N2O2. The smallest absolute Gasteiger partial charge is 0.258 e. The summed E-state index contributed by atoms with van der Waals surface area (Å²) in [7, 11) is 0. The number of aromatic nitrogens is 1. The molecule has 1 heterocycles. The molecule has 0 radical (unpaired) electrons. The minimum absolute atomic E-state index is 0.109. The Labute approximate surface area is 146 Å². The van der Waals surface area contributed by atoms with Crippen LogP contribution in [-0.4, -0.2) is 23.5 Å². The van der Waals surface area contributed by atoms with Gasteiger partial charge in [0, 0.05) is 17.1 Å². The zero-order chi connectivity index (χ0) is 17.0. The van der Waals surface area contributed by atoms with Crippen LogP contribution in [-0.2, 0) is 4.79 Å². The van der Waals surface area contributed by atoms with Crippen molar-refractivity contribution in [2.45, 2.75) is 39.7 Å². The molecule has 124 valence electrons. The lowest BCUT2D eigenvalue weighted by Gasteiger charge is -2.16. The van der Waals surface area contributed by atoms with E-state index in [1.54, 1.807) is 6.07 Å². The van der Waals surface area contributed by atoms with E-state index in [0.717, 1.165) is 23.9 Å². The molecule has 23 heavy (non-hydrogen) atoms. The normalized spacial score (nSPS) is 11.0. The number of carbonyl (C=O) groups excluding carboxylic acids is 1. The van der Waals surface area contributed by atoms with Gasteiger partial charge in [-0.25, -0.2) is 4.98 Å². The topological polar surface area (TPSA) is 51.2 Å². The average molecular weight is 355 g/mol. The molecule has 0 aliphatic heterocycles. The Bertz CT molecular complexity index is 715. The van der Waals surface area contributed by atoms with Gasteiger partial charge in [-0.15, -0.1) is 0 Å². The average Bonchev–Trinajstić information content (AvgIpc) is 2.51. The number of rotatable bonds is 6. The summed E-state index contributed by atoms with van der Waals surface area (Å²) in [6.07, 6.45) is 1.77. The molecule has 0 atom stereocenters. The van der Waals surface area contributed by atoms with Crippen LogP contribution in [0.1, 0.15) is 32.4 Å². The number of benzene rings is 1. The Morgan fingerprint density at radius 1 is 1.26 bits per heavy atom. The highest BCUT2D eigenvalue weighted by Crippen LogP contribution is 2.37. The van der Waals surface area contributed by atoms with Crippen LogP contribution >= 0.6 is 23.2 Å². The molecule has 1 amide bonds. The van der Waals surface area contributed by atoms with Crippen molar-refractivity contribution in [1.29, 1.82) is 0 Å². The first-order valence-electron chi connectivity index (χ1n) is 7.63. The van der Waals surface area contributed by atoms with E-state index in [1.165, 1.54) is 0 Å². The Morgan fingerprint density at radius 3 is 2.61 bits per heavy atom. The van der Waals surface area contributed by atoms with Gasteiger partial charge in [-0.05, 0) is 38.0 Å². The molecule has 1 aromatic carbocycles. The summed E-state index contributed by atoms with van der Waals surface area (Å²) < 4.78 is 5.65. The van der Waals surface area contributed by atoms with Gasteiger partial charge in [0.15, 0.2) is 12.4 Å². The Kier molecular flexibility index (Phi) is 6.08. The van der Waals surface area contributed by atoms with E-state index < -0.39 is 0 Å². The van der Waals surface area contributed by atoms with E-state index in [9.17, 15) is 4.79 Å². The zero-order valence-corrected chi connectivity index (χ0v) is 15.0. The number of hydrogen-bond acceptors (Lipinski definition) is 3. The fourth-order valence-corrected chi connectivity index (χ4v) is 2.90. The van der Waals surface area contributed by atoms with E-state index in [4.69, 9.17) is 27.9 Å². The number of halogens is 2. The SMILES string of the molecule is CCC(CC)NC(=O)COc1c(Cl)cc(Cl)c2ccc(C)nc12. The van der Waals surface area contributed by atoms with Crippen molar-refractivity contribution in [1.82, 2.24) is 10.3 Å². The predicted molar refractivity (Wildman–Crippen MR) is 94.5 cm³/mol. The van der Waals surface area contributed by atoms with Gasteiger partial charge < -0.3 is 10.1 Å². The highest BCUT2D eigenvalue weighted by Gasteiger charge is 2.15. The molecule has 1 aromatic heterocycles. The Hall–Kier alpha value is -1.52. The summed E-state index contributed by atoms with van der Waals surface area (Å²) in [5, 5.41) is 4.52. The number of ether oxygens (including phenoxy) is 1. The van der Waals surface area contributed by atoms with Crippen molar-refractivity contribution in [3.05, 3.63) is 33.9 Å². The number of pyridine rings is 1. The maximum absolute atomic E-state index is 12.0. The van der Waals surface area contributed by atoms with E-state index in [-0.39, 0.29) is 18.6 Å². The first-order chi connectivity index (χ1) is 11.0. The Balaban J connectivity index is 2.23. The predicted octanol–water partition coefficient (Wildman–Crippen LogP) is 4.53. The molecule has 2 aromatic rings. The second kappa shape index (κ2) is 7.84. The van der Waals surface area contributed by atoms with Gasteiger partial charge in [0.25, 0.3) is 5.91 Å². The minimum Gasteiger partial charge on any atom is -0.480 e. The quantitative estimate of drug-likeness (QED) is 0.828. The molecule has 0 spiro atoms. The standard InChI is InChI=1S/C17H20Cl2N2O2/c1-4-11(5-2)21-15(22)9-23-17-14(19)8-13(18)12-7-6-10(3)20-16(12)17/h6-8,11H,4-5,9H2,1-3H3,(H,21,22). The third kappa shape index (κ3) is 4.27. The van der Waals surface area contributed by atoms with Gasteiger partial charge in [-0.1, -0.05) is 37.0 Å². The van der Waals surface area contributed by atoms with E-state index in [0.29, 0.717) is 21.3 Å². The van der Waals surface area contributed by atoms with Crippen LogP contribution in [0.4, 0.5) is 0 Å². The van der Waals surface area contributed by atoms with Gasteiger partial charge in [-0.2, -0.15) is 0 Å². The summed E-state index contributed by atoms with van der Waals surface area (Å²) in [4.78, 5) is 16.4. The van der Waals surface area contributed by atoms with Crippen molar-refractivity contribution < 1.29 is 9.53 Å². The van der Waals surface area contributed by atoms with Gasteiger partial charge in [0.1, 0.15) is 5.52 Å². The van der Waals surface area contributed by atoms with Crippen molar-refractivity contribution in [3.8, 4) is 5.75 Å². The maximum atomic E-state index is 12.0. The fraction of sp³-hybridized carbons (Fsp3) is 0.412. The monoisotopic (exact) mass is 354 g/mol. The molecule has 2 rings (SSSR count). The number of aryl methyl sites for hydroxylation is 1. The van der Waals surface area contributed by atoms with Crippen LogP contribution in [0.15, 0.2) is 18.2 Å². The van der Waals surface area contributed by atoms with E-state index in [1.807, 2.05) is 32.9 Å². The van der Waals surface area contributed by atoms with Gasteiger partial charge in [0.2, 0.25) is 0 Å². The molecule has 4 nitrogen and oxygen atoms in total. The molecule has 0 bridgehead atoms. The van der Waals surface area contributed by atoms with E-state index in [2.05, 4.69) is 10.3 Å². The molecule has 6 heteroatoms. The minimum atomic E-state index is -0.175. The fourth-order valence-electron chi connectivity index (χ4n) is 2.33. The molecule has 0 unspecified atom stereocenters. The second-order valence-electron chi connectivity index (χ2n) is 5.39. The number of nitrogens with one attached hydrogen (secondary N) is 1. The lowest BCUT2D eigenvalue weighted by Crippen LogP contribution is -2.37. The highest BCUT2D eigenvalue weighted by molar-refractivity contribution is 6.39. The van der Waals surface area contributed by atoms with Crippen molar-refractivity contribution in [2.75, 3.05) is 6.61 Å². The number of carbonyl (C=O) groups is 1. The van der Waals surface area contributed by atoms with Gasteiger partial charge in [0.05, 0.1) is 10.0 Å². The molecule has 0 saturated carbocycles. The summed E-state index contributed by atoms with van der Waals surface area (Å²) in [6.45, 7) is 5.83. The molecule has 0 fully saturated rings. The van der Waals surface area contributed by atoms with Crippen LogP contribution in [0.2, 0.25) is 10.0 Å². The van der Waals surface area contributed by atoms with Gasteiger partial charge in [-0.3, -0.25) is 4.79 Å². The van der Waals surface area contributed by atoms with Crippen LogP contribution in [0.5, 0.6) is 5.75 Å². The van der Waals surface area contributed by atoms with Crippen LogP contribution in [0, 0.1) is 6.92 Å². The molecule has 0 aliphatic carbocycles. The van der Waals surface area contributed by atoms with Gasteiger partial charge >= 0.3 is 0 Å². The third-order valence-corrected chi connectivity index (χ3v) is 4.27. The van der Waals surface area contributed by atoms with Crippen molar-refractivity contribution >= 4 is 40.0 Å². The summed E-state index contributed by atoms with van der Waals surface area (Å²) in [5.41, 5.74) is 1.39. The largest absolute Gasteiger partial charge is 0.480 e. The molecular weight excluding hydrogens is 335 g/mol. The Morgan fingerprint density at radius 2 is 1.96 bits per heavy atom. The summed E-state index contributed by atoms with van der Waals surface area (Å²) >= 11 is 12.4. The second-order valence-corrected chi connectivity index (χ2v) is 6.20. The highest BCUT2D eigenvalue weighted by atomic mass is 35.5. The first-order valence-corrected chi connectivity index (χ1v) is 8.39. The van der Waals surface area contributed by atoms with Crippen molar-refractivity contribution in [3.63, 3.8) is 0 Å². The number of hydrogen-bond donors (Lipinski definition) is 1. The van der Waals surface area contributed by atoms with Crippen molar-refractivity contribution in [2.24, 2.45) is 0 Å². The summed E-state index contributed by atoms with van der Waals surface area (Å²) in [6, 6.07) is 5.50. The first kappa shape index (κ1) is 17.8. The number of amides is 1. The molecule has 0 aliphatic rings. The van der Waals surface area contributed by atoms with Crippen LogP contribution < -0.4 is 10.1 Å². The lowest BCUT2D eigenvalue weighted by atomic mass is 10.2. The third-order valence-electron chi connectivity index (χ3n) is 3.68. The number of nitrogens with zero attached hydrogens (tertiary/aromatic N) is 1. The molecule has 1 N–H and O–H groups in total. The van der Waals surface area contributed by atoms with Crippen LogP contribution in [0.25, 0.3) is 10.9 Å². The van der Waals surface area contributed by atoms with E-state index >= 15 is 0 Å². The lowest BCUT2D eigenvalue weighted by molar-refractivity contribution is -0.123. The zero-order valence-electron chi connectivity index (χ0n) is 13.5.